The Balaban J connectivity index is 1.46. The lowest BCUT2D eigenvalue weighted by Crippen LogP contribution is -2.32. The summed E-state index contributed by atoms with van der Waals surface area (Å²) in [5.74, 6) is 1.08. The maximum Gasteiger partial charge on any atom is 0.420 e. The zero-order chi connectivity index (χ0) is 24.6. The highest BCUT2D eigenvalue weighted by molar-refractivity contribution is 5.99. The number of fused-ring (bicyclic) bond motifs is 1. The van der Waals surface area contributed by atoms with Crippen LogP contribution >= 0.6 is 0 Å². The van der Waals surface area contributed by atoms with Crippen molar-refractivity contribution in [2.24, 2.45) is 0 Å². The Morgan fingerprint density at radius 3 is 2.66 bits per heavy atom. The van der Waals surface area contributed by atoms with E-state index in [1.807, 2.05) is 0 Å². The van der Waals surface area contributed by atoms with Crippen molar-refractivity contribution in [1.29, 1.82) is 0 Å². The summed E-state index contributed by atoms with van der Waals surface area (Å²) in [4.78, 5) is 19.6. The number of hydrogen-bond donors (Lipinski definition) is 1. The molecule has 180 valence electrons. The van der Waals surface area contributed by atoms with Gasteiger partial charge in [-0.05, 0) is 61.4 Å². The summed E-state index contributed by atoms with van der Waals surface area (Å²) >= 11 is 0. The van der Waals surface area contributed by atoms with Crippen LogP contribution in [0.3, 0.4) is 0 Å². The number of nitrogens with zero attached hydrogens (tertiary/aromatic N) is 5. The van der Waals surface area contributed by atoms with Crippen LogP contribution in [0, 0.1) is 0 Å². The van der Waals surface area contributed by atoms with E-state index in [1.165, 1.54) is 16.7 Å². The maximum atomic E-state index is 13.6. The first-order chi connectivity index (χ1) is 16.9. The zero-order valence-electron chi connectivity index (χ0n) is 18.7. The highest BCUT2D eigenvalue weighted by Crippen LogP contribution is 2.36. The van der Waals surface area contributed by atoms with Crippen LogP contribution in [0.2, 0.25) is 0 Å². The number of rotatable bonds is 5. The number of alkyl halides is 3. The van der Waals surface area contributed by atoms with E-state index in [4.69, 9.17) is 4.74 Å². The Morgan fingerprint density at radius 2 is 1.91 bits per heavy atom. The average Bonchev–Trinajstić information content (AvgIpc) is 3.50. The Kier molecular flexibility index (Phi) is 5.75. The van der Waals surface area contributed by atoms with E-state index in [9.17, 15) is 18.0 Å². The van der Waals surface area contributed by atoms with Crippen molar-refractivity contribution in [1.82, 2.24) is 24.5 Å². The van der Waals surface area contributed by atoms with Crippen molar-refractivity contribution < 1.29 is 22.7 Å². The average molecular weight is 482 g/mol. The molecule has 1 aliphatic rings. The van der Waals surface area contributed by atoms with Crippen molar-refractivity contribution >= 4 is 23.1 Å². The van der Waals surface area contributed by atoms with Crippen LogP contribution in [0.4, 0.5) is 24.7 Å². The number of amides is 1. The molecule has 4 aromatic rings. The fraction of sp³-hybridized carbons (Fsp3) is 0.250. The molecule has 3 aromatic heterocycles. The standard InChI is InChI=1S/C24H21F3N6O2/c1-35-16-10-8-15(9-11-16)29-20-17(5-2-12-28-20)23(34)32-13-4-7-19(32)22-31-30-21-18(24(25,26)27)6-3-14-33(21)22/h2-3,5-6,8-12,14,19H,4,7,13H2,1H3,(H,28,29). The van der Waals surface area contributed by atoms with Gasteiger partial charge in [-0.15, -0.1) is 10.2 Å². The quantitative estimate of drug-likeness (QED) is 0.437. The monoisotopic (exact) mass is 482 g/mol. The molecule has 0 bridgehead atoms. The highest BCUT2D eigenvalue weighted by atomic mass is 19.4. The van der Waals surface area contributed by atoms with Crippen molar-refractivity contribution in [3.63, 3.8) is 0 Å². The van der Waals surface area contributed by atoms with Gasteiger partial charge >= 0.3 is 6.18 Å². The molecule has 0 saturated carbocycles. The second-order valence-electron chi connectivity index (χ2n) is 8.08. The lowest BCUT2D eigenvalue weighted by molar-refractivity contribution is -0.136. The predicted molar refractivity (Wildman–Crippen MR) is 122 cm³/mol. The highest BCUT2D eigenvalue weighted by Gasteiger charge is 2.38. The number of pyridine rings is 2. The van der Waals surface area contributed by atoms with Crippen molar-refractivity contribution in [3.8, 4) is 5.75 Å². The molecule has 4 heterocycles. The van der Waals surface area contributed by atoms with Gasteiger partial charge in [-0.1, -0.05) is 0 Å². The van der Waals surface area contributed by atoms with Crippen molar-refractivity contribution in [3.05, 3.63) is 77.9 Å². The molecule has 11 heteroatoms. The number of carbonyl (C=O) groups excluding carboxylic acids is 1. The van der Waals surface area contributed by atoms with Gasteiger partial charge < -0.3 is 15.0 Å². The number of aromatic nitrogens is 4. The number of anilines is 2. The van der Waals surface area contributed by atoms with Crippen LogP contribution in [0.15, 0.2) is 60.9 Å². The summed E-state index contributed by atoms with van der Waals surface area (Å²) in [6.45, 7) is 0.439. The smallest absolute Gasteiger partial charge is 0.420 e. The topological polar surface area (TPSA) is 84.6 Å². The SMILES string of the molecule is COc1ccc(Nc2ncccc2C(=O)N2CCCC2c2nnc3c(C(F)(F)F)cccn23)cc1. The van der Waals surface area contributed by atoms with Crippen LogP contribution in [0.5, 0.6) is 5.75 Å². The molecular formula is C24H21F3N6O2. The number of hydrogen-bond acceptors (Lipinski definition) is 6. The minimum Gasteiger partial charge on any atom is -0.497 e. The number of ether oxygens (including phenoxy) is 1. The van der Waals surface area contributed by atoms with E-state index < -0.39 is 17.8 Å². The molecule has 1 unspecified atom stereocenters. The first-order valence-electron chi connectivity index (χ1n) is 10.9. The lowest BCUT2D eigenvalue weighted by atomic mass is 10.1. The molecule has 5 rings (SSSR count). The molecule has 1 aliphatic heterocycles. The van der Waals surface area contributed by atoms with Gasteiger partial charge in [0, 0.05) is 24.6 Å². The first kappa shape index (κ1) is 22.6. The van der Waals surface area contributed by atoms with Crippen LogP contribution in [0.25, 0.3) is 5.65 Å². The molecule has 1 saturated heterocycles. The minimum absolute atomic E-state index is 0.280. The fourth-order valence-corrected chi connectivity index (χ4v) is 4.30. The number of carbonyl (C=O) groups is 1. The molecule has 8 nitrogen and oxygen atoms in total. The second kappa shape index (κ2) is 8.90. The maximum absolute atomic E-state index is 13.6. The minimum atomic E-state index is -4.56. The van der Waals surface area contributed by atoms with Gasteiger partial charge in [-0.25, -0.2) is 4.98 Å². The van der Waals surface area contributed by atoms with Gasteiger partial charge in [-0.3, -0.25) is 9.20 Å². The van der Waals surface area contributed by atoms with Gasteiger partial charge in [0.2, 0.25) is 0 Å². The molecule has 1 aromatic carbocycles. The zero-order valence-corrected chi connectivity index (χ0v) is 18.7. The van der Waals surface area contributed by atoms with Gasteiger partial charge in [-0.2, -0.15) is 13.2 Å². The number of halogens is 3. The van der Waals surface area contributed by atoms with Crippen LogP contribution in [0.1, 0.15) is 40.6 Å². The van der Waals surface area contributed by atoms with Gasteiger partial charge in [0.05, 0.1) is 18.7 Å². The fourth-order valence-electron chi connectivity index (χ4n) is 4.30. The van der Waals surface area contributed by atoms with E-state index in [0.717, 1.165) is 11.8 Å². The van der Waals surface area contributed by atoms with E-state index in [1.54, 1.807) is 54.6 Å². The molecule has 1 amide bonds. The number of methoxy groups -OCH3 is 1. The Morgan fingerprint density at radius 1 is 1.11 bits per heavy atom. The molecule has 0 radical (unpaired) electrons. The molecule has 1 fully saturated rings. The van der Waals surface area contributed by atoms with Gasteiger partial charge in [0.25, 0.3) is 5.91 Å². The van der Waals surface area contributed by atoms with Gasteiger partial charge in [0.15, 0.2) is 11.5 Å². The van der Waals surface area contributed by atoms with Crippen molar-refractivity contribution in [2.45, 2.75) is 25.1 Å². The molecular weight excluding hydrogens is 461 g/mol. The van der Waals surface area contributed by atoms with E-state index >= 15 is 0 Å². The second-order valence-corrected chi connectivity index (χ2v) is 8.08. The Bertz CT molecular complexity index is 1370. The van der Waals surface area contributed by atoms with Gasteiger partial charge in [0.1, 0.15) is 17.1 Å². The Labute approximate surface area is 198 Å². The third kappa shape index (κ3) is 4.25. The summed E-state index contributed by atoms with van der Waals surface area (Å²) in [6.07, 6.45) is -0.248. The van der Waals surface area contributed by atoms with E-state index in [0.29, 0.717) is 42.3 Å². The van der Waals surface area contributed by atoms with E-state index in [2.05, 4.69) is 20.5 Å². The normalized spacial score (nSPS) is 16.0. The summed E-state index contributed by atoms with van der Waals surface area (Å²) < 4.78 is 46.8. The number of nitrogens with one attached hydrogen (secondary N) is 1. The first-order valence-corrected chi connectivity index (χ1v) is 10.9. The molecule has 0 aliphatic carbocycles. The summed E-state index contributed by atoms with van der Waals surface area (Å²) in [7, 11) is 1.58. The van der Waals surface area contributed by atoms with E-state index in [-0.39, 0.29) is 11.6 Å². The molecule has 35 heavy (non-hydrogen) atoms. The lowest BCUT2D eigenvalue weighted by Gasteiger charge is -2.24. The van der Waals surface area contributed by atoms with Crippen molar-refractivity contribution in [2.75, 3.05) is 19.0 Å². The molecule has 1 atom stereocenters. The van der Waals surface area contributed by atoms with Crippen LogP contribution in [-0.4, -0.2) is 44.0 Å². The number of benzene rings is 1. The van der Waals surface area contributed by atoms with Crippen LogP contribution in [-0.2, 0) is 6.18 Å². The molecule has 0 spiro atoms. The van der Waals surface area contributed by atoms with Crippen LogP contribution < -0.4 is 10.1 Å². The molecule has 1 N–H and O–H groups in total. The summed E-state index contributed by atoms with van der Waals surface area (Å²) in [6, 6.07) is 12.3. The predicted octanol–water partition coefficient (Wildman–Crippen LogP) is 4.87. The Hall–Kier alpha value is -4.15. The summed E-state index contributed by atoms with van der Waals surface area (Å²) in [5, 5.41) is 11.0. The summed E-state index contributed by atoms with van der Waals surface area (Å²) in [5.41, 5.74) is -0.0786. The third-order valence-corrected chi connectivity index (χ3v) is 5.97. The third-order valence-electron chi connectivity index (χ3n) is 5.97. The largest absolute Gasteiger partial charge is 0.497 e. The number of likely N-dealkylation sites (tertiary alicyclic amines) is 1.